The van der Waals surface area contributed by atoms with Crippen LogP contribution in [0, 0.1) is 11.3 Å². The number of thioether (sulfide) groups is 1. The molecule has 3 amide bonds. The quantitative estimate of drug-likeness (QED) is 0.111. The highest BCUT2D eigenvalue weighted by molar-refractivity contribution is 9.10. The Bertz CT molecular complexity index is 1330. The summed E-state index contributed by atoms with van der Waals surface area (Å²) in [5, 5.41) is 17.8. The number of hydrogen-bond acceptors (Lipinski definition) is 9. The van der Waals surface area contributed by atoms with Gasteiger partial charge in [0, 0.05) is 27.2 Å². The Balaban J connectivity index is 1.24. The van der Waals surface area contributed by atoms with Crippen molar-refractivity contribution in [1.82, 2.24) is 30.9 Å². The number of hydrogen-bond donors (Lipinski definition) is 3. The number of esters is 1. The summed E-state index contributed by atoms with van der Waals surface area (Å²) >= 11 is 5.49. The van der Waals surface area contributed by atoms with Crippen molar-refractivity contribution in [2.45, 2.75) is 139 Å². The number of halogens is 1. The summed E-state index contributed by atoms with van der Waals surface area (Å²) in [6.45, 7) is 17.1. The third-order valence-corrected chi connectivity index (χ3v) is 12.0. The Hall–Kier alpha value is -2.19. The number of nitrogens with one attached hydrogen (secondary N) is 3. The number of ether oxygens (including phenoxy) is 2. The molecule has 12 nitrogen and oxygen atoms in total. The van der Waals surface area contributed by atoms with Gasteiger partial charge in [-0.25, -0.2) is 9.48 Å². The number of Topliss-reactive ketones (excluding diaryl/α,β-unsaturated/α-hetero) is 1. The number of urea groups is 1. The second kappa shape index (κ2) is 13.4. The number of cyclic esters (lactones) is 1. The number of ketones is 1. The van der Waals surface area contributed by atoms with Gasteiger partial charge in [0.25, 0.3) is 0 Å². The first kappa shape index (κ1) is 36.6. The van der Waals surface area contributed by atoms with Crippen molar-refractivity contribution >= 4 is 51.4 Å². The van der Waals surface area contributed by atoms with Crippen LogP contribution in [0.4, 0.5) is 4.79 Å². The van der Waals surface area contributed by atoms with Crippen LogP contribution in [0.5, 0.6) is 0 Å². The van der Waals surface area contributed by atoms with Gasteiger partial charge in [0.15, 0.2) is 5.60 Å². The van der Waals surface area contributed by atoms with Crippen LogP contribution in [-0.4, -0.2) is 83.9 Å². The lowest BCUT2D eigenvalue weighted by atomic mass is 9.63. The number of nitrogens with zero attached hydrogens (tertiary/aromatic N) is 3. The van der Waals surface area contributed by atoms with Crippen molar-refractivity contribution in [3.63, 3.8) is 0 Å². The Morgan fingerprint density at radius 1 is 1.15 bits per heavy atom. The van der Waals surface area contributed by atoms with E-state index in [-0.39, 0.29) is 48.9 Å². The highest BCUT2D eigenvalue weighted by atomic mass is 79.9. The summed E-state index contributed by atoms with van der Waals surface area (Å²) in [6.07, 6.45) is 5.34. The van der Waals surface area contributed by atoms with Crippen molar-refractivity contribution in [3.05, 3.63) is 11.9 Å². The maximum atomic E-state index is 14.0. The van der Waals surface area contributed by atoms with Crippen molar-refractivity contribution in [2.24, 2.45) is 11.3 Å². The van der Waals surface area contributed by atoms with Crippen LogP contribution in [0.15, 0.2) is 6.20 Å². The van der Waals surface area contributed by atoms with Gasteiger partial charge in [-0.15, -0.1) is 5.10 Å². The molecule has 1 aromatic rings. The topological polar surface area (TPSA) is 154 Å². The average molecular weight is 728 g/mol. The molecule has 1 aromatic heterocycles. The molecule has 3 aliphatic rings. The van der Waals surface area contributed by atoms with Gasteiger partial charge in [0.05, 0.1) is 42.9 Å². The molecule has 46 heavy (non-hydrogen) atoms. The number of alkyl halides is 1. The molecule has 5 atom stereocenters. The number of unbranched alkanes of at least 4 members (excludes halogenated alkanes) is 1. The number of rotatable bonds is 14. The second-order valence-electron chi connectivity index (χ2n) is 15.4. The summed E-state index contributed by atoms with van der Waals surface area (Å²) in [6, 6.07) is 0.313. The first-order valence-electron chi connectivity index (χ1n) is 16.1. The predicted octanol–water partition coefficient (Wildman–Crippen LogP) is 4.24. The van der Waals surface area contributed by atoms with Gasteiger partial charge in [-0.05, 0) is 67.7 Å². The normalized spacial score (nSPS) is 27.9. The summed E-state index contributed by atoms with van der Waals surface area (Å²) in [5.41, 5.74) is -3.29. The Kier molecular flexibility index (Phi) is 10.7. The van der Waals surface area contributed by atoms with Crippen molar-refractivity contribution in [3.8, 4) is 0 Å². The third kappa shape index (κ3) is 7.91. The van der Waals surface area contributed by atoms with Crippen LogP contribution in [0.3, 0.4) is 0 Å². The largest absolute Gasteiger partial charge is 0.450 e. The SMILES string of the molecule is CC(C)(OCC(C)(C)n1cc(CNC(=O)CCCCC2SCC3NC(=O)NC32)nn1)C(=O)C1(C)OC(=O)C(C(C)(C)Br)CC1(C)C. The molecular weight excluding hydrogens is 676 g/mol. The first-order valence-corrected chi connectivity index (χ1v) is 18.0. The van der Waals surface area contributed by atoms with E-state index < -0.39 is 32.4 Å². The third-order valence-electron chi connectivity index (χ3n) is 9.90. The van der Waals surface area contributed by atoms with E-state index in [0.717, 1.165) is 25.0 Å². The average Bonchev–Trinajstić information content (AvgIpc) is 3.67. The van der Waals surface area contributed by atoms with Crippen molar-refractivity contribution in [1.29, 1.82) is 0 Å². The van der Waals surface area contributed by atoms with Gasteiger partial charge in [-0.2, -0.15) is 11.8 Å². The molecule has 3 saturated heterocycles. The molecule has 0 bridgehead atoms. The van der Waals surface area contributed by atoms with Gasteiger partial charge in [0.1, 0.15) is 11.3 Å². The molecule has 258 valence electrons. The van der Waals surface area contributed by atoms with E-state index in [1.165, 1.54) is 0 Å². The maximum absolute atomic E-state index is 14.0. The fraction of sp³-hybridized carbons (Fsp3) is 0.812. The molecule has 3 fully saturated rings. The monoisotopic (exact) mass is 726 g/mol. The van der Waals surface area contributed by atoms with E-state index in [1.807, 2.05) is 53.3 Å². The number of carbonyl (C=O) groups is 4. The molecule has 0 spiro atoms. The summed E-state index contributed by atoms with van der Waals surface area (Å²) in [5.74, 6) is -0.191. The minimum Gasteiger partial charge on any atom is -0.450 e. The summed E-state index contributed by atoms with van der Waals surface area (Å²) in [7, 11) is 0. The van der Waals surface area contributed by atoms with Gasteiger partial charge < -0.3 is 25.4 Å². The van der Waals surface area contributed by atoms with Crippen molar-refractivity contribution < 1.29 is 28.7 Å². The molecule has 3 N–H and O–H groups in total. The zero-order valence-electron chi connectivity index (χ0n) is 28.6. The molecule has 4 heterocycles. The number of aromatic nitrogens is 3. The molecule has 0 saturated carbocycles. The van der Waals surface area contributed by atoms with E-state index in [1.54, 1.807) is 31.6 Å². The number of fused-ring (bicyclic) bond motifs is 1. The minimum atomic E-state index is -1.37. The lowest BCUT2D eigenvalue weighted by Gasteiger charge is -2.52. The Morgan fingerprint density at radius 2 is 1.85 bits per heavy atom. The van der Waals surface area contributed by atoms with E-state index in [9.17, 15) is 19.2 Å². The van der Waals surface area contributed by atoms with Crippen LogP contribution < -0.4 is 16.0 Å². The van der Waals surface area contributed by atoms with Crippen LogP contribution in [-0.2, 0) is 35.9 Å². The van der Waals surface area contributed by atoms with Gasteiger partial charge >= 0.3 is 12.0 Å². The molecule has 14 heteroatoms. The predicted molar refractivity (Wildman–Crippen MR) is 180 cm³/mol. The zero-order chi connectivity index (χ0) is 34.3. The molecule has 5 unspecified atom stereocenters. The fourth-order valence-corrected chi connectivity index (χ4v) is 8.26. The molecule has 0 aliphatic carbocycles. The van der Waals surface area contributed by atoms with Crippen LogP contribution in [0.1, 0.15) is 100 Å². The summed E-state index contributed by atoms with van der Waals surface area (Å²) < 4.78 is 13.4. The van der Waals surface area contributed by atoms with E-state index in [4.69, 9.17) is 9.47 Å². The van der Waals surface area contributed by atoms with E-state index >= 15 is 0 Å². The maximum Gasteiger partial charge on any atom is 0.315 e. The van der Waals surface area contributed by atoms with Gasteiger partial charge in [-0.1, -0.05) is 41.4 Å². The number of amides is 3. The smallest absolute Gasteiger partial charge is 0.315 e. The van der Waals surface area contributed by atoms with Crippen molar-refractivity contribution in [2.75, 3.05) is 12.4 Å². The molecule has 0 radical (unpaired) electrons. The van der Waals surface area contributed by atoms with Crippen LogP contribution >= 0.6 is 27.7 Å². The summed E-state index contributed by atoms with van der Waals surface area (Å²) in [4.78, 5) is 51.0. The lowest BCUT2D eigenvalue weighted by Crippen LogP contribution is -2.64. The minimum absolute atomic E-state index is 0.0453. The highest BCUT2D eigenvalue weighted by Crippen LogP contribution is 2.50. The second-order valence-corrected chi connectivity index (χ2v) is 18.7. The molecular formula is C32H51BrN6O6S. The Morgan fingerprint density at radius 3 is 2.52 bits per heavy atom. The zero-order valence-corrected chi connectivity index (χ0v) is 31.0. The van der Waals surface area contributed by atoms with Crippen LogP contribution in [0.25, 0.3) is 0 Å². The first-order chi connectivity index (χ1) is 21.2. The van der Waals surface area contributed by atoms with Gasteiger partial charge in [-0.3, -0.25) is 14.4 Å². The molecule has 0 aromatic carbocycles. The Labute approximate surface area is 285 Å². The molecule has 4 rings (SSSR count). The number of carbonyl (C=O) groups excluding carboxylic acids is 4. The van der Waals surface area contributed by atoms with E-state index in [2.05, 4.69) is 42.2 Å². The van der Waals surface area contributed by atoms with Gasteiger partial charge in [0.2, 0.25) is 11.7 Å². The van der Waals surface area contributed by atoms with Crippen LogP contribution in [0.2, 0.25) is 0 Å². The highest BCUT2D eigenvalue weighted by Gasteiger charge is 2.61. The van der Waals surface area contributed by atoms with E-state index in [0.29, 0.717) is 23.8 Å². The fourth-order valence-electron chi connectivity index (χ4n) is 6.37. The lowest BCUT2D eigenvalue weighted by molar-refractivity contribution is -0.208. The standard InChI is InChI=1S/C32H51BrN6O6S/c1-28(2)14-20(30(5,6)33)25(41)45-32(28,9)26(42)31(7,8)44-18-29(3,4)39-16-19(37-38-39)15-34-23(40)13-11-10-12-22-24-21(17-46-22)35-27(43)36-24/h16,20-22,24H,10-15,17-18H2,1-9H3,(H,34,40)(H2,35,36,43). The molecule has 3 aliphatic heterocycles.